The van der Waals surface area contributed by atoms with Gasteiger partial charge in [-0.05, 0) is 36.4 Å². The lowest BCUT2D eigenvalue weighted by atomic mass is 10.2. The van der Waals surface area contributed by atoms with Crippen LogP contribution in [0.3, 0.4) is 0 Å². The first kappa shape index (κ1) is 18.6. The molecule has 1 heterocycles. The van der Waals surface area contributed by atoms with Crippen LogP contribution in [0.5, 0.6) is 0 Å². The first-order chi connectivity index (χ1) is 11.9. The Morgan fingerprint density at radius 2 is 1.68 bits per heavy atom. The predicted molar refractivity (Wildman–Crippen MR) is 92.5 cm³/mol. The number of hydrogen-bond acceptors (Lipinski definition) is 5. The van der Waals surface area contributed by atoms with Crippen molar-refractivity contribution < 1.29 is 18.0 Å². The topological polar surface area (TPSA) is 117 Å². The fourth-order valence-corrected chi connectivity index (χ4v) is 3.00. The SMILES string of the molecule is CNC(=O)c1ccc(S(=O)(=O)NCCC(=O)Nc2ccncc2)cc1. The van der Waals surface area contributed by atoms with Crippen LogP contribution >= 0.6 is 0 Å². The molecule has 2 aromatic rings. The van der Waals surface area contributed by atoms with Gasteiger partial charge >= 0.3 is 0 Å². The number of pyridine rings is 1. The number of carbonyl (C=O) groups excluding carboxylic acids is 2. The van der Waals surface area contributed by atoms with E-state index in [0.717, 1.165) is 0 Å². The molecular weight excluding hydrogens is 344 g/mol. The van der Waals surface area contributed by atoms with E-state index >= 15 is 0 Å². The number of anilines is 1. The van der Waals surface area contributed by atoms with Gasteiger partial charge in [0.1, 0.15) is 0 Å². The van der Waals surface area contributed by atoms with Gasteiger partial charge in [-0.3, -0.25) is 14.6 Å². The molecule has 3 N–H and O–H groups in total. The largest absolute Gasteiger partial charge is 0.355 e. The van der Waals surface area contributed by atoms with Crippen molar-refractivity contribution in [1.82, 2.24) is 15.0 Å². The van der Waals surface area contributed by atoms with Crippen molar-refractivity contribution >= 4 is 27.5 Å². The maximum atomic E-state index is 12.2. The van der Waals surface area contributed by atoms with E-state index < -0.39 is 10.0 Å². The summed E-state index contributed by atoms with van der Waals surface area (Å²) in [6, 6.07) is 8.78. The summed E-state index contributed by atoms with van der Waals surface area (Å²) in [7, 11) is -2.26. The van der Waals surface area contributed by atoms with E-state index in [9.17, 15) is 18.0 Å². The molecule has 9 heteroatoms. The first-order valence-corrected chi connectivity index (χ1v) is 8.92. The highest BCUT2D eigenvalue weighted by molar-refractivity contribution is 7.89. The zero-order valence-corrected chi connectivity index (χ0v) is 14.3. The van der Waals surface area contributed by atoms with E-state index in [4.69, 9.17) is 0 Å². The van der Waals surface area contributed by atoms with Crippen LogP contribution in [0.2, 0.25) is 0 Å². The Morgan fingerprint density at radius 3 is 2.28 bits per heavy atom. The molecule has 0 bridgehead atoms. The highest BCUT2D eigenvalue weighted by atomic mass is 32.2. The van der Waals surface area contributed by atoms with Crippen molar-refractivity contribution in [2.24, 2.45) is 0 Å². The highest BCUT2D eigenvalue weighted by Gasteiger charge is 2.15. The van der Waals surface area contributed by atoms with Gasteiger partial charge in [0.05, 0.1) is 4.90 Å². The lowest BCUT2D eigenvalue weighted by molar-refractivity contribution is -0.116. The van der Waals surface area contributed by atoms with Crippen molar-refractivity contribution in [3.63, 3.8) is 0 Å². The molecule has 2 amide bonds. The number of carbonyl (C=O) groups is 2. The molecule has 132 valence electrons. The molecule has 0 unspecified atom stereocenters. The van der Waals surface area contributed by atoms with Gasteiger partial charge in [0.15, 0.2) is 0 Å². The lowest BCUT2D eigenvalue weighted by Gasteiger charge is -2.08. The molecule has 1 aromatic carbocycles. The van der Waals surface area contributed by atoms with Gasteiger partial charge < -0.3 is 10.6 Å². The molecule has 0 aliphatic carbocycles. The fourth-order valence-electron chi connectivity index (χ4n) is 1.97. The van der Waals surface area contributed by atoms with Gasteiger partial charge in [0.2, 0.25) is 15.9 Å². The van der Waals surface area contributed by atoms with Crippen molar-refractivity contribution in [3.05, 3.63) is 54.4 Å². The molecule has 0 aliphatic rings. The summed E-state index contributed by atoms with van der Waals surface area (Å²) in [5.41, 5.74) is 0.950. The molecule has 2 rings (SSSR count). The minimum absolute atomic E-state index is 0.0160. The summed E-state index contributed by atoms with van der Waals surface area (Å²) in [5, 5.41) is 5.09. The first-order valence-electron chi connectivity index (χ1n) is 7.44. The monoisotopic (exact) mass is 362 g/mol. The zero-order valence-electron chi connectivity index (χ0n) is 13.5. The number of nitrogens with zero attached hydrogens (tertiary/aromatic N) is 1. The maximum absolute atomic E-state index is 12.2. The van der Waals surface area contributed by atoms with Gasteiger partial charge in [-0.25, -0.2) is 13.1 Å². The molecule has 0 saturated carbocycles. The summed E-state index contributed by atoms with van der Waals surface area (Å²) >= 11 is 0. The molecule has 0 fully saturated rings. The predicted octanol–water partition coefficient (Wildman–Crippen LogP) is 0.748. The van der Waals surface area contributed by atoms with Crippen LogP contribution in [-0.4, -0.2) is 38.8 Å². The number of sulfonamides is 1. The molecule has 1 aromatic heterocycles. The number of rotatable bonds is 7. The minimum Gasteiger partial charge on any atom is -0.355 e. The number of hydrogen-bond donors (Lipinski definition) is 3. The molecule has 25 heavy (non-hydrogen) atoms. The Balaban J connectivity index is 1.88. The minimum atomic E-state index is -3.75. The van der Waals surface area contributed by atoms with E-state index in [2.05, 4.69) is 20.3 Å². The lowest BCUT2D eigenvalue weighted by Crippen LogP contribution is -2.28. The van der Waals surface area contributed by atoms with E-state index in [0.29, 0.717) is 11.3 Å². The van der Waals surface area contributed by atoms with Crippen LogP contribution in [-0.2, 0) is 14.8 Å². The van der Waals surface area contributed by atoms with Gasteiger partial charge in [-0.1, -0.05) is 0 Å². The summed E-state index contributed by atoms with van der Waals surface area (Å²) in [5.74, 6) is -0.617. The number of amides is 2. The van der Waals surface area contributed by atoms with E-state index in [-0.39, 0.29) is 29.7 Å². The van der Waals surface area contributed by atoms with Crippen LogP contribution in [0.15, 0.2) is 53.7 Å². The molecule has 0 atom stereocenters. The molecule has 0 saturated heterocycles. The van der Waals surface area contributed by atoms with Crippen LogP contribution < -0.4 is 15.4 Å². The van der Waals surface area contributed by atoms with Crippen molar-refractivity contribution in [3.8, 4) is 0 Å². The third kappa shape index (κ3) is 5.37. The number of aromatic nitrogens is 1. The summed E-state index contributed by atoms with van der Waals surface area (Å²) in [6.45, 7) is -0.0452. The molecule has 8 nitrogen and oxygen atoms in total. The second-order valence-electron chi connectivity index (χ2n) is 5.04. The number of nitrogens with one attached hydrogen (secondary N) is 3. The molecule has 0 aliphatic heterocycles. The molecule has 0 radical (unpaired) electrons. The third-order valence-electron chi connectivity index (χ3n) is 3.26. The Labute approximate surface area is 145 Å². The summed E-state index contributed by atoms with van der Waals surface area (Å²) < 4.78 is 26.7. The van der Waals surface area contributed by atoms with E-state index in [1.165, 1.54) is 31.3 Å². The van der Waals surface area contributed by atoms with E-state index in [1.807, 2.05) is 0 Å². The average Bonchev–Trinajstić information content (AvgIpc) is 2.62. The fraction of sp³-hybridized carbons (Fsp3) is 0.188. The highest BCUT2D eigenvalue weighted by Crippen LogP contribution is 2.10. The van der Waals surface area contributed by atoms with Gasteiger partial charge in [0.25, 0.3) is 5.91 Å². The molecular formula is C16H18N4O4S. The Morgan fingerprint density at radius 1 is 1.04 bits per heavy atom. The van der Waals surface area contributed by atoms with Crippen molar-refractivity contribution in [2.45, 2.75) is 11.3 Å². The maximum Gasteiger partial charge on any atom is 0.251 e. The van der Waals surface area contributed by atoms with Crippen LogP contribution in [0, 0.1) is 0 Å². The van der Waals surface area contributed by atoms with Crippen molar-refractivity contribution in [2.75, 3.05) is 18.9 Å². The normalized spacial score (nSPS) is 10.9. The second-order valence-corrected chi connectivity index (χ2v) is 6.80. The molecule has 0 spiro atoms. The summed E-state index contributed by atoms with van der Waals surface area (Å²) in [4.78, 5) is 27.1. The average molecular weight is 362 g/mol. The van der Waals surface area contributed by atoms with Crippen LogP contribution in [0.1, 0.15) is 16.8 Å². The Kier molecular flexibility index (Phi) is 6.20. The zero-order chi connectivity index (χ0) is 18.3. The quantitative estimate of drug-likeness (QED) is 0.672. The third-order valence-corrected chi connectivity index (χ3v) is 4.74. The number of benzene rings is 1. The van der Waals surface area contributed by atoms with Gasteiger partial charge in [-0.2, -0.15) is 0 Å². The summed E-state index contributed by atoms with van der Waals surface area (Å²) in [6.07, 6.45) is 3.07. The van der Waals surface area contributed by atoms with Crippen LogP contribution in [0.4, 0.5) is 5.69 Å². The standard InChI is InChI=1S/C16H18N4O4S/c1-17-16(22)12-2-4-14(5-3-12)25(23,24)19-11-8-15(21)20-13-6-9-18-10-7-13/h2-7,9-10,19H,8,11H2,1H3,(H,17,22)(H,18,20,21). The van der Waals surface area contributed by atoms with Gasteiger partial charge in [0, 0.05) is 43.7 Å². The van der Waals surface area contributed by atoms with Crippen LogP contribution in [0.25, 0.3) is 0 Å². The Hall–Kier alpha value is -2.78. The Bertz CT molecular complexity index is 836. The van der Waals surface area contributed by atoms with E-state index in [1.54, 1.807) is 24.5 Å². The van der Waals surface area contributed by atoms with Crippen molar-refractivity contribution in [1.29, 1.82) is 0 Å². The smallest absolute Gasteiger partial charge is 0.251 e. The van der Waals surface area contributed by atoms with Gasteiger partial charge in [-0.15, -0.1) is 0 Å². The second kappa shape index (κ2) is 8.36.